The lowest BCUT2D eigenvalue weighted by atomic mass is 10.1. The third kappa shape index (κ3) is 5.04. The van der Waals surface area contributed by atoms with E-state index in [0.29, 0.717) is 37.7 Å². The standard InChI is InChI=1S/C30H38N4O4/c1-4-5-6-19-38-28-20-23(11-12-27(28)37-3)33-16-8-15-32(30(33)36)21-22-9-7-10-25-24(22)13-18-34(25)26-14-17-31(2)29(26)35/h7,9-13,18,20,26H,4-6,8,14-17,19,21H2,1-3H3/t26-/m1/s1. The van der Waals surface area contributed by atoms with Gasteiger partial charge < -0.3 is 23.8 Å². The van der Waals surface area contributed by atoms with Crippen molar-refractivity contribution in [2.45, 2.75) is 51.6 Å². The summed E-state index contributed by atoms with van der Waals surface area (Å²) < 4.78 is 13.6. The number of carbonyl (C=O) groups is 2. The summed E-state index contributed by atoms with van der Waals surface area (Å²) in [6.45, 7) is 5.45. The molecule has 2 aliphatic rings. The average molecular weight is 519 g/mol. The van der Waals surface area contributed by atoms with Gasteiger partial charge in [-0.3, -0.25) is 9.69 Å². The monoisotopic (exact) mass is 518 g/mol. The van der Waals surface area contributed by atoms with Crippen LogP contribution in [-0.4, -0.2) is 66.7 Å². The highest BCUT2D eigenvalue weighted by atomic mass is 16.5. The van der Waals surface area contributed by atoms with Crippen molar-refractivity contribution in [3.05, 3.63) is 54.2 Å². The lowest BCUT2D eigenvalue weighted by Gasteiger charge is -2.36. The van der Waals surface area contributed by atoms with E-state index in [9.17, 15) is 9.59 Å². The molecule has 0 bridgehead atoms. The number of methoxy groups -OCH3 is 1. The van der Waals surface area contributed by atoms with Crippen LogP contribution in [-0.2, 0) is 11.3 Å². The van der Waals surface area contributed by atoms with Gasteiger partial charge in [-0.25, -0.2) is 4.79 Å². The van der Waals surface area contributed by atoms with Gasteiger partial charge in [0, 0.05) is 62.1 Å². The molecule has 2 saturated heterocycles. The number of unbranched alkanes of at least 4 members (excludes halogenated alkanes) is 2. The number of amides is 3. The van der Waals surface area contributed by atoms with Gasteiger partial charge in [-0.05, 0) is 49.1 Å². The van der Waals surface area contributed by atoms with Gasteiger partial charge in [0.1, 0.15) is 6.04 Å². The maximum atomic E-state index is 13.6. The fourth-order valence-corrected chi connectivity index (χ4v) is 5.58. The van der Waals surface area contributed by atoms with E-state index in [-0.39, 0.29) is 18.0 Å². The zero-order chi connectivity index (χ0) is 26.6. The largest absolute Gasteiger partial charge is 0.493 e. The molecule has 2 fully saturated rings. The van der Waals surface area contributed by atoms with Gasteiger partial charge in [-0.15, -0.1) is 0 Å². The molecule has 38 heavy (non-hydrogen) atoms. The molecule has 0 N–H and O–H groups in total. The first-order valence-electron chi connectivity index (χ1n) is 13.7. The molecule has 3 amide bonds. The number of anilines is 1. The maximum Gasteiger partial charge on any atom is 0.324 e. The van der Waals surface area contributed by atoms with E-state index >= 15 is 0 Å². The number of aromatic nitrogens is 1. The molecule has 3 heterocycles. The number of nitrogens with zero attached hydrogens (tertiary/aromatic N) is 4. The average Bonchev–Trinajstić information content (AvgIpc) is 3.51. The van der Waals surface area contributed by atoms with Gasteiger partial charge in [0.15, 0.2) is 11.5 Å². The minimum atomic E-state index is -0.159. The predicted octanol–water partition coefficient (Wildman–Crippen LogP) is 5.45. The number of hydrogen-bond acceptors (Lipinski definition) is 4. The zero-order valence-electron chi connectivity index (χ0n) is 22.7. The van der Waals surface area contributed by atoms with Gasteiger partial charge in [-0.2, -0.15) is 0 Å². The zero-order valence-corrected chi connectivity index (χ0v) is 22.7. The quantitative estimate of drug-likeness (QED) is 0.335. The van der Waals surface area contributed by atoms with Gasteiger partial charge in [0.25, 0.3) is 0 Å². The third-order valence-electron chi connectivity index (χ3n) is 7.73. The van der Waals surface area contributed by atoms with Crippen LogP contribution in [0.3, 0.4) is 0 Å². The van der Waals surface area contributed by atoms with Crippen LogP contribution in [0, 0.1) is 0 Å². The number of benzene rings is 2. The Bertz CT molecular complexity index is 1300. The van der Waals surface area contributed by atoms with Crippen molar-refractivity contribution in [1.82, 2.24) is 14.4 Å². The normalized spacial score (nSPS) is 18.1. The molecule has 0 unspecified atom stereocenters. The molecule has 5 rings (SSSR count). The minimum Gasteiger partial charge on any atom is -0.493 e. The summed E-state index contributed by atoms with van der Waals surface area (Å²) in [7, 11) is 3.49. The van der Waals surface area contributed by atoms with Crippen molar-refractivity contribution in [2.24, 2.45) is 0 Å². The molecule has 0 radical (unpaired) electrons. The Kier molecular flexibility index (Phi) is 7.77. The molecule has 1 aromatic heterocycles. The molecule has 8 heteroatoms. The smallest absolute Gasteiger partial charge is 0.324 e. The molecule has 0 aliphatic carbocycles. The Hall–Kier alpha value is -3.68. The Labute approximate surface area is 224 Å². The second kappa shape index (κ2) is 11.4. The Balaban J connectivity index is 1.34. The van der Waals surface area contributed by atoms with Gasteiger partial charge in [0.2, 0.25) is 5.91 Å². The van der Waals surface area contributed by atoms with Crippen LogP contribution in [0.2, 0.25) is 0 Å². The van der Waals surface area contributed by atoms with E-state index in [1.165, 1.54) is 0 Å². The molecule has 8 nitrogen and oxygen atoms in total. The SMILES string of the molecule is CCCCCOc1cc(N2CCCN(Cc3cccc4c3ccn4[C@@H]3CCN(C)C3=O)C2=O)ccc1OC. The number of urea groups is 1. The lowest BCUT2D eigenvalue weighted by molar-refractivity contribution is -0.129. The van der Waals surface area contributed by atoms with E-state index in [4.69, 9.17) is 9.47 Å². The Morgan fingerprint density at radius 1 is 1.00 bits per heavy atom. The summed E-state index contributed by atoms with van der Waals surface area (Å²) >= 11 is 0. The maximum absolute atomic E-state index is 13.6. The van der Waals surface area contributed by atoms with Crippen LogP contribution < -0.4 is 14.4 Å². The minimum absolute atomic E-state index is 0.0117. The molecule has 0 spiro atoms. The Morgan fingerprint density at radius 2 is 1.87 bits per heavy atom. The third-order valence-corrected chi connectivity index (χ3v) is 7.73. The number of ether oxygens (including phenoxy) is 2. The fraction of sp³-hybridized carbons (Fsp3) is 0.467. The topological polar surface area (TPSA) is 67.2 Å². The molecule has 202 valence electrons. The van der Waals surface area contributed by atoms with E-state index in [1.54, 1.807) is 12.0 Å². The fourth-order valence-electron chi connectivity index (χ4n) is 5.58. The van der Waals surface area contributed by atoms with Crippen molar-refractivity contribution in [3.8, 4) is 11.5 Å². The van der Waals surface area contributed by atoms with Crippen molar-refractivity contribution in [1.29, 1.82) is 0 Å². The van der Waals surface area contributed by atoms with Crippen molar-refractivity contribution >= 4 is 28.5 Å². The first-order chi connectivity index (χ1) is 18.5. The number of likely N-dealkylation sites (N-methyl/N-ethyl adjacent to an activating group) is 1. The highest BCUT2D eigenvalue weighted by Crippen LogP contribution is 2.34. The number of hydrogen-bond donors (Lipinski definition) is 0. The number of carbonyl (C=O) groups excluding carboxylic acids is 2. The van der Waals surface area contributed by atoms with Crippen LogP contribution in [0.25, 0.3) is 10.9 Å². The van der Waals surface area contributed by atoms with Crippen LogP contribution in [0.1, 0.15) is 50.6 Å². The van der Waals surface area contributed by atoms with Crippen LogP contribution in [0.15, 0.2) is 48.7 Å². The van der Waals surface area contributed by atoms with Gasteiger partial charge in [0.05, 0.1) is 13.7 Å². The van der Waals surface area contributed by atoms with Crippen LogP contribution in [0.4, 0.5) is 10.5 Å². The summed E-state index contributed by atoms with van der Waals surface area (Å²) in [5.74, 6) is 1.50. The number of rotatable bonds is 10. The van der Waals surface area contributed by atoms with Crippen LogP contribution >= 0.6 is 0 Å². The number of likely N-dealkylation sites (tertiary alicyclic amines) is 1. The molecule has 1 atom stereocenters. The Morgan fingerprint density at radius 3 is 2.63 bits per heavy atom. The first-order valence-corrected chi connectivity index (χ1v) is 13.7. The molecule has 2 aromatic carbocycles. The summed E-state index contributed by atoms with van der Waals surface area (Å²) in [4.78, 5) is 31.8. The van der Waals surface area contributed by atoms with Gasteiger partial charge >= 0.3 is 6.03 Å². The second-order valence-electron chi connectivity index (χ2n) is 10.2. The lowest BCUT2D eigenvalue weighted by Crippen LogP contribution is -2.49. The van der Waals surface area contributed by atoms with Crippen molar-refractivity contribution < 1.29 is 19.1 Å². The summed E-state index contributed by atoms with van der Waals surface area (Å²) in [6.07, 6.45) is 6.94. The van der Waals surface area contributed by atoms with E-state index in [0.717, 1.165) is 60.8 Å². The molecular formula is C30H38N4O4. The summed E-state index contributed by atoms with van der Waals surface area (Å²) in [6, 6.07) is 13.8. The summed E-state index contributed by atoms with van der Waals surface area (Å²) in [5.41, 5.74) is 2.95. The van der Waals surface area contributed by atoms with Crippen molar-refractivity contribution in [2.75, 3.05) is 45.3 Å². The van der Waals surface area contributed by atoms with Crippen molar-refractivity contribution in [3.63, 3.8) is 0 Å². The molecular weight excluding hydrogens is 480 g/mol. The second-order valence-corrected chi connectivity index (χ2v) is 10.2. The molecule has 2 aliphatic heterocycles. The van der Waals surface area contributed by atoms with E-state index in [2.05, 4.69) is 29.7 Å². The highest BCUT2D eigenvalue weighted by Gasteiger charge is 2.32. The molecule has 0 saturated carbocycles. The predicted molar refractivity (Wildman–Crippen MR) is 149 cm³/mol. The summed E-state index contributed by atoms with van der Waals surface area (Å²) in [5, 5.41) is 1.09. The van der Waals surface area contributed by atoms with Gasteiger partial charge in [-0.1, -0.05) is 31.9 Å². The molecule has 3 aromatic rings. The van der Waals surface area contributed by atoms with Crippen LogP contribution in [0.5, 0.6) is 11.5 Å². The number of fused-ring (bicyclic) bond motifs is 1. The van der Waals surface area contributed by atoms with E-state index in [1.807, 2.05) is 47.3 Å². The first kappa shape index (κ1) is 25.9. The highest BCUT2D eigenvalue weighted by molar-refractivity contribution is 5.94. The van der Waals surface area contributed by atoms with E-state index < -0.39 is 0 Å².